The number of nitrogens with zero attached hydrogens (tertiary/aromatic N) is 1. The van der Waals surface area contributed by atoms with Crippen LogP contribution in [0.15, 0.2) is 54.6 Å². The van der Waals surface area contributed by atoms with Gasteiger partial charge in [0.25, 0.3) is 0 Å². The Morgan fingerprint density at radius 3 is 2.30 bits per heavy atom. The monoisotopic (exact) mass is 369 g/mol. The number of imide groups is 1. The number of hydrogen-bond acceptors (Lipinski definition) is 4. The second-order valence-electron chi connectivity index (χ2n) is 6.15. The van der Waals surface area contributed by atoms with E-state index in [2.05, 4.69) is 10.6 Å². The van der Waals surface area contributed by atoms with Crippen LogP contribution >= 0.6 is 0 Å². The van der Waals surface area contributed by atoms with E-state index in [0.717, 1.165) is 16.9 Å². The number of amides is 3. The number of carbonyl (C=O) groups excluding carboxylic acids is 2. The van der Waals surface area contributed by atoms with Crippen molar-refractivity contribution in [2.75, 3.05) is 20.2 Å². The Hall–Kier alpha value is -2.86. The van der Waals surface area contributed by atoms with Crippen LogP contribution in [-0.2, 0) is 11.3 Å². The third kappa shape index (κ3) is 6.11. The summed E-state index contributed by atoms with van der Waals surface area (Å²) in [5.74, 6) is 0.457. The molecule has 0 aliphatic heterocycles. The van der Waals surface area contributed by atoms with E-state index in [9.17, 15) is 9.59 Å². The normalized spacial score (nSPS) is 11.7. The molecule has 27 heavy (non-hydrogen) atoms. The molecule has 2 N–H and O–H groups in total. The lowest BCUT2D eigenvalue weighted by Crippen LogP contribution is -2.45. The van der Waals surface area contributed by atoms with E-state index < -0.39 is 12.1 Å². The molecule has 0 unspecified atom stereocenters. The van der Waals surface area contributed by atoms with Gasteiger partial charge in [0.1, 0.15) is 11.8 Å². The summed E-state index contributed by atoms with van der Waals surface area (Å²) in [4.78, 5) is 26.5. The zero-order valence-corrected chi connectivity index (χ0v) is 16.1. The molecule has 0 fully saturated rings. The van der Waals surface area contributed by atoms with Gasteiger partial charge >= 0.3 is 6.03 Å². The maximum atomic E-state index is 12.8. The molecule has 0 radical (unpaired) electrons. The summed E-state index contributed by atoms with van der Waals surface area (Å²) in [6.45, 7) is 5.37. The van der Waals surface area contributed by atoms with E-state index in [1.54, 1.807) is 6.92 Å². The number of hydrogen-bond donors (Lipinski definition) is 2. The van der Waals surface area contributed by atoms with E-state index in [-0.39, 0.29) is 5.91 Å². The third-order valence-corrected chi connectivity index (χ3v) is 4.04. The van der Waals surface area contributed by atoms with Crippen LogP contribution in [0, 0.1) is 0 Å². The van der Waals surface area contributed by atoms with Crippen LogP contribution in [0.3, 0.4) is 0 Å². The molecular weight excluding hydrogens is 342 g/mol. The fourth-order valence-electron chi connectivity index (χ4n) is 2.86. The number of likely N-dealkylation sites (N-methyl/N-ethyl adjacent to an activating group) is 1. The molecule has 0 aliphatic rings. The van der Waals surface area contributed by atoms with Crippen molar-refractivity contribution in [1.82, 2.24) is 15.5 Å². The van der Waals surface area contributed by atoms with Gasteiger partial charge in [-0.2, -0.15) is 0 Å². The van der Waals surface area contributed by atoms with E-state index in [0.29, 0.717) is 19.7 Å². The van der Waals surface area contributed by atoms with Crippen LogP contribution in [0.2, 0.25) is 0 Å². The zero-order chi connectivity index (χ0) is 19.6. The van der Waals surface area contributed by atoms with Crippen molar-refractivity contribution >= 4 is 11.9 Å². The van der Waals surface area contributed by atoms with Gasteiger partial charge in [-0.3, -0.25) is 15.0 Å². The van der Waals surface area contributed by atoms with Crippen LogP contribution in [0.5, 0.6) is 5.75 Å². The molecule has 6 heteroatoms. The maximum absolute atomic E-state index is 12.8. The molecular formula is C21H27N3O3. The first-order chi connectivity index (χ1) is 13.0. The molecule has 0 bridgehead atoms. The van der Waals surface area contributed by atoms with Gasteiger partial charge in [0.05, 0.1) is 6.61 Å². The lowest BCUT2D eigenvalue weighted by atomic mass is 10.0. The molecule has 144 valence electrons. The molecule has 2 rings (SSSR count). The second-order valence-corrected chi connectivity index (χ2v) is 6.15. The van der Waals surface area contributed by atoms with Crippen molar-refractivity contribution < 1.29 is 14.3 Å². The molecule has 0 saturated carbocycles. The molecule has 0 aliphatic carbocycles. The molecule has 1 atom stereocenters. The first kappa shape index (κ1) is 20.5. The Labute approximate surface area is 160 Å². The highest BCUT2D eigenvalue weighted by Crippen LogP contribution is 2.22. The predicted octanol–water partition coefficient (Wildman–Crippen LogP) is 3.10. The lowest BCUT2D eigenvalue weighted by Gasteiger charge is -2.27. The van der Waals surface area contributed by atoms with Crippen molar-refractivity contribution in [2.45, 2.75) is 26.4 Å². The van der Waals surface area contributed by atoms with Gasteiger partial charge in [-0.15, -0.1) is 0 Å². The number of rotatable bonds is 8. The summed E-state index contributed by atoms with van der Waals surface area (Å²) in [5.41, 5.74) is 1.88. The number of benzene rings is 2. The van der Waals surface area contributed by atoms with Gasteiger partial charge in [0.2, 0.25) is 5.91 Å². The molecule has 6 nitrogen and oxygen atoms in total. The number of nitrogens with one attached hydrogen (secondary N) is 2. The van der Waals surface area contributed by atoms with Crippen LogP contribution in [-0.4, -0.2) is 37.0 Å². The van der Waals surface area contributed by atoms with Crippen molar-refractivity contribution in [3.8, 4) is 5.75 Å². The number of urea groups is 1. The average Bonchev–Trinajstić information content (AvgIpc) is 2.65. The van der Waals surface area contributed by atoms with Crippen molar-refractivity contribution in [1.29, 1.82) is 0 Å². The molecule has 0 aromatic heterocycles. The van der Waals surface area contributed by atoms with Gasteiger partial charge in [-0.1, -0.05) is 42.5 Å². The molecule has 0 heterocycles. The Bertz CT molecular complexity index is 732. The van der Waals surface area contributed by atoms with Crippen molar-refractivity contribution in [3.63, 3.8) is 0 Å². The van der Waals surface area contributed by atoms with E-state index in [1.807, 2.05) is 73.5 Å². The Morgan fingerprint density at radius 2 is 1.70 bits per heavy atom. The minimum Gasteiger partial charge on any atom is -0.494 e. The Kier molecular flexibility index (Phi) is 7.82. The summed E-state index contributed by atoms with van der Waals surface area (Å²) < 4.78 is 5.47. The first-order valence-corrected chi connectivity index (χ1v) is 9.10. The third-order valence-electron chi connectivity index (χ3n) is 4.04. The highest BCUT2D eigenvalue weighted by Gasteiger charge is 2.26. The fourth-order valence-corrected chi connectivity index (χ4v) is 2.86. The quantitative estimate of drug-likeness (QED) is 0.750. The molecule has 3 amide bonds. The fraction of sp³-hybridized carbons (Fsp3) is 0.333. The van der Waals surface area contributed by atoms with Crippen LogP contribution in [0.1, 0.15) is 31.0 Å². The zero-order valence-electron chi connectivity index (χ0n) is 16.1. The first-order valence-electron chi connectivity index (χ1n) is 9.10. The lowest BCUT2D eigenvalue weighted by molar-refractivity contribution is -0.125. The summed E-state index contributed by atoms with van der Waals surface area (Å²) in [6.07, 6.45) is 0. The van der Waals surface area contributed by atoms with Crippen LogP contribution < -0.4 is 15.4 Å². The summed E-state index contributed by atoms with van der Waals surface area (Å²) in [5, 5.41) is 5.01. The maximum Gasteiger partial charge on any atom is 0.321 e. The van der Waals surface area contributed by atoms with Gasteiger partial charge in [0, 0.05) is 13.1 Å². The SMILES string of the molecule is CCNC(=O)NC(=O)[C@H](c1ccccc1)N(C)Cc1ccc(OCC)cc1. The van der Waals surface area contributed by atoms with E-state index >= 15 is 0 Å². The molecule has 0 saturated heterocycles. The largest absolute Gasteiger partial charge is 0.494 e. The minimum absolute atomic E-state index is 0.361. The van der Waals surface area contributed by atoms with Gasteiger partial charge in [0.15, 0.2) is 0 Å². The van der Waals surface area contributed by atoms with Gasteiger partial charge in [-0.05, 0) is 44.2 Å². The highest BCUT2D eigenvalue weighted by molar-refractivity contribution is 5.97. The summed E-state index contributed by atoms with van der Waals surface area (Å²) >= 11 is 0. The van der Waals surface area contributed by atoms with Gasteiger partial charge < -0.3 is 10.1 Å². The summed E-state index contributed by atoms with van der Waals surface area (Å²) in [6, 6.07) is 16.1. The summed E-state index contributed by atoms with van der Waals surface area (Å²) in [7, 11) is 1.87. The molecule has 2 aromatic carbocycles. The van der Waals surface area contributed by atoms with Crippen molar-refractivity contribution in [3.05, 3.63) is 65.7 Å². The standard InChI is InChI=1S/C21H27N3O3/c1-4-22-21(26)23-20(25)19(17-9-7-6-8-10-17)24(3)15-16-11-13-18(14-12-16)27-5-2/h6-14,19H,4-5,15H2,1-3H3,(H2,22,23,25,26)/t19-/m0/s1. The second kappa shape index (κ2) is 10.3. The van der Waals surface area contributed by atoms with E-state index in [4.69, 9.17) is 4.74 Å². The predicted molar refractivity (Wildman–Crippen MR) is 105 cm³/mol. The Morgan fingerprint density at radius 1 is 1.04 bits per heavy atom. The molecule has 0 spiro atoms. The number of carbonyl (C=O) groups is 2. The van der Waals surface area contributed by atoms with E-state index in [1.165, 1.54) is 0 Å². The highest BCUT2D eigenvalue weighted by atomic mass is 16.5. The number of ether oxygens (including phenoxy) is 1. The van der Waals surface area contributed by atoms with Crippen LogP contribution in [0.25, 0.3) is 0 Å². The average molecular weight is 369 g/mol. The van der Waals surface area contributed by atoms with Crippen molar-refractivity contribution in [2.24, 2.45) is 0 Å². The topological polar surface area (TPSA) is 70.7 Å². The molecule has 2 aromatic rings. The Balaban J connectivity index is 2.16. The van der Waals surface area contributed by atoms with Crippen LogP contribution in [0.4, 0.5) is 4.79 Å². The minimum atomic E-state index is -0.583. The van der Waals surface area contributed by atoms with Gasteiger partial charge in [-0.25, -0.2) is 4.79 Å². The smallest absolute Gasteiger partial charge is 0.321 e.